The van der Waals surface area contributed by atoms with Crippen molar-refractivity contribution in [1.82, 2.24) is 14.5 Å². The third-order valence-corrected chi connectivity index (χ3v) is 10.6. The van der Waals surface area contributed by atoms with Crippen LogP contribution < -0.4 is 10.0 Å². The molecule has 10 nitrogen and oxygen atoms in total. The SMILES string of the molecule is CCc1nnc(NS(=O)(=O)c2ccc(NC(=O)c3ccc(S(=O)(=O)N4CCCC[C@@H]4CC)cc3)cc2)s1. The van der Waals surface area contributed by atoms with Crippen molar-refractivity contribution >= 4 is 48.1 Å². The second kappa shape index (κ2) is 11.3. The standard InChI is InChI=1S/C24H29N5O5S3/c1-3-19-7-5-6-16-29(19)37(33,34)21-12-8-17(9-13-21)23(30)25-18-10-14-20(15-11-18)36(31,32)28-24-27-26-22(4-2)35-24/h8-15,19H,3-7,16H2,1-2H3,(H,25,30)(H,27,28)/t19-/m0/s1. The molecule has 2 aromatic carbocycles. The number of hydrogen-bond donors (Lipinski definition) is 2. The van der Waals surface area contributed by atoms with E-state index in [-0.39, 0.29) is 26.5 Å². The predicted octanol–water partition coefficient (Wildman–Crippen LogP) is 4.11. The number of piperidine rings is 1. The zero-order valence-corrected chi connectivity index (χ0v) is 23.0. The topological polar surface area (TPSA) is 138 Å². The fraction of sp³-hybridized carbons (Fsp3) is 0.375. The summed E-state index contributed by atoms with van der Waals surface area (Å²) in [7, 11) is -7.49. The second-order valence-electron chi connectivity index (χ2n) is 8.64. The van der Waals surface area contributed by atoms with Gasteiger partial charge in [0.05, 0.1) is 9.79 Å². The molecule has 3 aromatic rings. The number of rotatable bonds is 9. The zero-order valence-electron chi connectivity index (χ0n) is 20.5. The van der Waals surface area contributed by atoms with Gasteiger partial charge in [0.2, 0.25) is 15.2 Å². The van der Waals surface area contributed by atoms with E-state index in [2.05, 4.69) is 20.2 Å². The normalized spacial score (nSPS) is 16.9. The predicted molar refractivity (Wildman–Crippen MR) is 143 cm³/mol. The Bertz CT molecular complexity index is 1450. The summed E-state index contributed by atoms with van der Waals surface area (Å²) in [6, 6.07) is 11.5. The number of carbonyl (C=O) groups excluding carboxylic acids is 1. The number of benzene rings is 2. The lowest BCUT2D eigenvalue weighted by atomic mass is 10.0. The van der Waals surface area contributed by atoms with Crippen LogP contribution in [0.1, 0.15) is 54.9 Å². The van der Waals surface area contributed by atoms with E-state index in [1.165, 1.54) is 59.9 Å². The lowest BCUT2D eigenvalue weighted by Crippen LogP contribution is -2.43. The minimum Gasteiger partial charge on any atom is -0.322 e. The molecular formula is C24H29N5O5S3. The molecule has 1 amide bonds. The third kappa shape index (κ3) is 6.17. The van der Waals surface area contributed by atoms with Gasteiger partial charge in [0.15, 0.2) is 0 Å². The summed E-state index contributed by atoms with van der Waals surface area (Å²) >= 11 is 1.17. The summed E-state index contributed by atoms with van der Waals surface area (Å²) in [4.78, 5) is 12.9. The number of aryl methyl sites for hydroxylation is 1. The average Bonchev–Trinajstić information content (AvgIpc) is 3.35. The summed E-state index contributed by atoms with van der Waals surface area (Å²) in [6.07, 6.45) is 4.14. The van der Waals surface area contributed by atoms with E-state index in [9.17, 15) is 21.6 Å². The molecule has 1 fully saturated rings. The Labute approximate surface area is 221 Å². The molecule has 13 heteroatoms. The van der Waals surface area contributed by atoms with Crippen molar-refractivity contribution in [2.24, 2.45) is 0 Å². The van der Waals surface area contributed by atoms with Crippen LogP contribution >= 0.6 is 11.3 Å². The quantitative estimate of drug-likeness (QED) is 0.400. The van der Waals surface area contributed by atoms with Gasteiger partial charge in [-0.2, -0.15) is 4.31 Å². The van der Waals surface area contributed by atoms with Gasteiger partial charge in [-0.15, -0.1) is 10.2 Å². The highest BCUT2D eigenvalue weighted by Gasteiger charge is 2.32. The number of carbonyl (C=O) groups is 1. The Morgan fingerprint density at radius 1 is 0.973 bits per heavy atom. The van der Waals surface area contributed by atoms with Crippen LogP contribution in [0.4, 0.5) is 10.8 Å². The smallest absolute Gasteiger partial charge is 0.263 e. The first kappa shape index (κ1) is 27.2. The molecule has 198 valence electrons. The summed E-state index contributed by atoms with van der Waals surface area (Å²) in [5.41, 5.74) is 0.676. The van der Waals surface area contributed by atoms with E-state index in [1.807, 2.05) is 13.8 Å². The maximum absolute atomic E-state index is 13.1. The number of hydrogen-bond acceptors (Lipinski definition) is 8. The summed E-state index contributed by atoms with van der Waals surface area (Å²) in [5.74, 6) is -0.442. The van der Waals surface area contributed by atoms with Gasteiger partial charge in [-0.1, -0.05) is 31.6 Å². The lowest BCUT2D eigenvalue weighted by Gasteiger charge is -2.34. The molecule has 1 saturated heterocycles. The van der Waals surface area contributed by atoms with E-state index in [0.717, 1.165) is 30.7 Å². The van der Waals surface area contributed by atoms with Crippen molar-refractivity contribution < 1.29 is 21.6 Å². The minimum atomic E-state index is -3.86. The molecule has 0 bridgehead atoms. The monoisotopic (exact) mass is 563 g/mol. The van der Waals surface area contributed by atoms with Crippen LogP contribution in [0.15, 0.2) is 58.3 Å². The van der Waals surface area contributed by atoms with E-state index in [0.29, 0.717) is 18.7 Å². The van der Waals surface area contributed by atoms with Crippen molar-refractivity contribution in [3.8, 4) is 0 Å². The zero-order chi connectivity index (χ0) is 26.6. The molecule has 0 spiro atoms. The van der Waals surface area contributed by atoms with Gasteiger partial charge in [0.1, 0.15) is 5.01 Å². The van der Waals surface area contributed by atoms with Crippen molar-refractivity contribution in [2.75, 3.05) is 16.6 Å². The highest BCUT2D eigenvalue weighted by atomic mass is 32.2. The van der Waals surface area contributed by atoms with Gasteiger partial charge < -0.3 is 5.32 Å². The molecule has 37 heavy (non-hydrogen) atoms. The summed E-state index contributed by atoms with van der Waals surface area (Å²) in [6.45, 7) is 4.40. The molecular weight excluding hydrogens is 534 g/mol. The summed E-state index contributed by atoms with van der Waals surface area (Å²) < 4.78 is 55.5. The number of nitrogens with zero attached hydrogens (tertiary/aromatic N) is 3. The number of sulfonamides is 2. The van der Waals surface area contributed by atoms with E-state index in [1.54, 1.807) is 4.31 Å². The van der Waals surface area contributed by atoms with E-state index < -0.39 is 26.0 Å². The molecule has 4 rings (SSSR count). The molecule has 1 aliphatic rings. The molecule has 0 saturated carbocycles. The van der Waals surface area contributed by atoms with Crippen LogP contribution in [0.5, 0.6) is 0 Å². The number of nitrogens with one attached hydrogen (secondary N) is 2. The van der Waals surface area contributed by atoms with Crippen LogP contribution in [0.25, 0.3) is 0 Å². The van der Waals surface area contributed by atoms with Crippen LogP contribution in [0, 0.1) is 0 Å². The van der Waals surface area contributed by atoms with Crippen molar-refractivity contribution in [3.63, 3.8) is 0 Å². The Hall–Kier alpha value is -2.87. The van der Waals surface area contributed by atoms with Crippen molar-refractivity contribution in [1.29, 1.82) is 0 Å². The van der Waals surface area contributed by atoms with Crippen molar-refractivity contribution in [3.05, 3.63) is 59.1 Å². The average molecular weight is 564 g/mol. The Kier molecular flexibility index (Phi) is 8.26. The third-order valence-electron chi connectivity index (χ3n) is 6.18. The van der Waals surface area contributed by atoms with Gasteiger partial charge in [-0.25, -0.2) is 16.8 Å². The molecule has 1 atom stereocenters. The fourth-order valence-electron chi connectivity index (χ4n) is 4.14. The van der Waals surface area contributed by atoms with Crippen LogP contribution in [0.3, 0.4) is 0 Å². The first-order chi connectivity index (χ1) is 17.6. The fourth-order valence-corrected chi connectivity index (χ4v) is 7.82. The lowest BCUT2D eigenvalue weighted by molar-refractivity contribution is 0.102. The Balaban J connectivity index is 1.42. The Morgan fingerprint density at radius 2 is 1.65 bits per heavy atom. The molecule has 0 radical (unpaired) electrons. The van der Waals surface area contributed by atoms with E-state index in [4.69, 9.17) is 0 Å². The van der Waals surface area contributed by atoms with E-state index >= 15 is 0 Å². The molecule has 0 unspecified atom stereocenters. The van der Waals surface area contributed by atoms with Gasteiger partial charge in [-0.3, -0.25) is 9.52 Å². The van der Waals surface area contributed by atoms with Crippen LogP contribution in [-0.2, 0) is 26.5 Å². The van der Waals surface area contributed by atoms with Gasteiger partial charge >= 0.3 is 0 Å². The molecule has 2 N–H and O–H groups in total. The van der Waals surface area contributed by atoms with Crippen LogP contribution in [-0.4, -0.2) is 49.8 Å². The molecule has 1 aliphatic heterocycles. The molecule has 1 aromatic heterocycles. The molecule has 2 heterocycles. The van der Waals surface area contributed by atoms with Gasteiger partial charge in [-0.05, 0) is 74.2 Å². The first-order valence-electron chi connectivity index (χ1n) is 12.0. The van der Waals surface area contributed by atoms with Crippen molar-refractivity contribution in [2.45, 2.75) is 61.8 Å². The highest BCUT2D eigenvalue weighted by Crippen LogP contribution is 2.27. The number of anilines is 2. The van der Waals surface area contributed by atoms with Gasteiger partial charge in [0.25, 0.3) is 15.9 Å². The maximum Gasteiger partial charge on any atom is 0.263 e. The number of aromatic nitrogens is 2. The largest absolute Gasteiger partial charge is 0.322 e. The minimum absolute atomic E-state index is 0.00392. The maximum atomic E-state index is 13.1. The summed E-state index contributed by atoms with van der Waals surface area (Å²) in [5, 5.41) is 11.3. The molecule has 0 aliphatic carbocycles. The Morgan fingerprint density at radius 3 is 2.27 bits per heavy atom. The number of amides is 1. The van der Waals surface area contributed by atoms with Crippen LogP contribution in [0.2, 0.25) is 0 Å². The first-order valence-corrected chi connectivity index (χ1v) is 15.8. The highest BCUT2D eigenvalue weighted by molar-refractivity contribution is 7.93. The van der Waals surface area contributed by atoms with Gasteiger partial charge in [0, 0.05) is 23.8 Å². The second-order valence-corrected chi connectivity index (χ2v) is 13.3.